The first-order valence-electron chi connectivity index (χ1n) is 16.8. The number of nitrogens with one attached hydrogen (secondary N) is 1. The number of hydrogen-bond donors (Lipinski definition) is 2. The van der Waals surface area contributed by atoms with Gasteiger partial charge in [0.1, 0.15) is 11.2 Å². The van der Waals surface area contributed by atoms with Crippen molar-refractivity contribution in [1.82, 2.24) is 9.47 Å². The zero-order valence-corrected chi connectivity index (χ0v) is 29.6. The van der Waals surface area contributed by atoms with Crippen molar-refractivity contribution in [1.29, 1.82) is 5.26 Å². The summed E-state index contributed by atoms with van der Waals surface area (Å²) < 4.78 is 18.1. The first-order valence-corrected chi connectivity index (χ1v) is 16.8. The number of fused-ring (bicyclic) bond motifs is 1. The van der Waals surface area contributed by atoms with E-state index in [0.29, 0.717) is 28.6 Å². The molecular formula is C37H43N5O9. The number of benzene rings is 2. The van der Waals surface area contributed by atoms with Crippen LogP contribution < -0.4 is 15.8 Å². The van der Waals surface area contributed by atoms with E-state index >= 15 is 0 Å². The number of morpholine rings is 1. The lowest BCUT2D eigenvalue weighted by atomic mass is 10.1. The molecular weight excluding hydrogens is 658 g/mol. The molecule has 270 valence electrons. The van der Waals surface area contributed by atoms with Gasteiger partial charge in [-0.15, -0.1) is 0 Å². The zero-order chi connectivity index (χ0) is 37.2. The third kappa shape index (κ3) is 9.11. The molecule has 0 spiro atoms. The Hall–Kier alpha value is -5.26. The van der Waals surface area contributed by atoms with Crippen molar-refractivity contribution in [2.75, 3.05) is 23.4 Å². The van der Waals surface area contributed by atoms with Crippen LogP contribution in [0, 0.1) is 17.2 Å². The molecule has 2 heterocycles. The van der Waals surface area contributed by atoms with E-state index in [9.17, 15) is 34.3 Å². The maximum absolute atomic E-state index is 13.6. The fourth-order valence-electron chi connectivity index (χ4n) is 5.55. The summed E-state index contributed by atoms with van der Waals surface area (Å²) in [6.45, 7) is 10.2. The number of pyridine rings is 1. The highest BCUT2D eigenvalue weighted by Gasteiger charge is 2.40. The summed E-state index contributed by atoms with van der Waals surface area (Å²) in [5, 5.41) is 24.2. The Bertz CT molecular complexity index is 1920. The van der Waals surface area contributed by atoms with Crippen LogP contribution in [0.2, 0.25) is 0 Å². The lowest BCUT2D eigenvalue weighted by molar-refractivity contribution is -0.150. The highest BCUT2D eigenvalue weighted by molar-refractivity contribution is 6.04. The number of aliphatic hydroxyl groups is 1. The van der Waals surface area contributed by atoms with Gasteiger partial charge in [-0.25, -0.2) is 14.5 Å². The van der Waals surface area contributed by atoms with Gasteiger partial charge in [0.15, 0.2) is 12.2 Å². The van der Waals surface area contributed by atoms with E-state index in [1.54, 1.807) is 64.3 Å². The molecule has 14 heteroatoms. The molecule has 51 heavy (non-hydrogen) atoms. The summed E-state index contributed by atoms with van der Waals surface area (Å²) in [4.78, 5) is 67.9. The van der Waals surface area contributed by atoms with Crippen molar-refractivity contribution in [2.45, 2.75) is 90.9 Å². The summed E-state index contributed by atoms with van der Waals surface area (Å²) in [6.07, 6.45) is -3.33. The lowest BCUT2D eigenvalue weighted by Crippen LogP contribution is -2.55. The third-order valence-corrected chi connectivity index (χ3v) is 8.15. The average Bonchev–Trinajstić information content (AvgIpc) is 3.87. The number of nitriles is 1. The second-order valence-corrected chi connectivity index (χ2v) is 14.7. The summed E-state index contributed by atoms with van der Waals surface area (Å²) in [5.41, 5.74) is -0.429. The van der Waals surface area contributed by atoms with Gasteiger partial charge in [-0.3, -0.25) is 14.4 Å². The van der Waals surface area contributed by atoms with Crippen molar-refractivity contribution >= 4 is 46.3 Å². The molecule has 2 aliphatic rings. The van der Waals surface area contributed by atoms with Crippen LogP contribution in [0.1, 0.15) is 65.5 Å². The van der Waals surface area contributed by atoms with Crippen molar-refractivity contribution in [2.24, 2.45) is 5.92 Å². The summed E-state index contributed by atoms with van der Waals surface area (Å²) in [6, 6.07) is 14.8. The zero-order valence-electron chi connectivity index (χ0n) is 29.6. The van der Waals surface area contributed by atoms with Crippen LogP contribution in [0.3, 0.4) is 0 Å². The molecule has 1 saturated heterocycles. The number of carbonyl (C=O) groups excluding carboxylic acids is 4. The number of imide groups is 1. The van der Waals surface area contributed by atoms with Crippen molar-refractivity contribution < 1.29 is 38.5 Å². The van der Waals surface area contributed by atoms with Crippen LogP contribution in [-0.2, 0) is 36.9 Å². The molecule has 14 nitrogen and oxygen atoms in total. The maximum Gasteiger partial charge on any atom is 0.420 e. The van der Waals surface area contributed by atoms with E-state index in [0.717, 1.165) is 18.2 Å². The molecule has 5 rings (SSSR count). The Morgan fingerprint density at radius 2 is 1.65 bits per heavy atom. The van der Waals surface area contributed by atoms with E-state index in [-0.39, 0.29) is 35.5 Å². The third-order valence-electron chi connectivity index (χ3n) is 8.15. The standard InChI is InChI=1S/C37H43N5O9/c1-36(2,3)50-34(47)42(35(48)51-37(4,5)6)21-25-17-26(12-9-24(25)19-38)39-32(45)30(44)31-33(46)40(15-16-49-31)27-13-10-23-11-14-29(43)41(28(23)18-27)20-22-7-8-22/h9-14,17-18,22,30-31,44H,7-8,15-16,20-21H2,1-6H3,(H,39,45)/t30-,31-/m1/s1. The van der Waals surface area contributed by atoms with Crippen LogP contribution in [0.5, 0.6) is 0 Å². The normalized spacial score (nSPS) is 17.0. The average molecular weight is 702 g/mol. The minimum atomic E-state index is -1.92. The fraction of sp³-hybridized carbons (Fsp3) is 0.459. The monoisotopic (exact) mass is 701 g/mol. The van der Waals surface area contributed by atoms with Gasteiger partial charge in [-0.2, -0.15) is 5.26 Å². The van der Waals surface area contributed by atoms with Crippen LogP contribution in [0.4, 0.5) is 21.0 Å². The number of ether oxygens (including phenoxy) is 3. The van der Waals surface area contributed by atoms with Gasteiger partial charge in [0.2, 0.25) is 0 Å². The predicted molar refractivity (Wildman–Crippen MR) is 187 cm³/mol. The van der Waals surface area contributed by atoms with E-state index in [1.807, 2.05) is 12.1 Å². The van der Waals surface area contributed by atoms with Gasteiger partial charge >= 0.3 is 12.2 Å². The summed E-state index contributed by atoms with van der Waals surface area (Å²) in [5.74, 6) is -1.15. The molecule has 2 atom stereocenters. The number of anilines is 2. The Morgan fingerprint density at radius 1 is 1.00 bits per heavy atom. The van der Waals surface area contributed by atoms with Crippen LogP contribution >= 0.6 is 0 Å². The largest absolute Gasteiger partial charge is 0.443 e. The van der Waals surface area contributed by atoms with E-state index < -0.39 is 54.0 Å². The molecule has 0 radical (unpaired) electrons. The fourth-order valence-corrected chi connectivity index (χ4v) is 5.55. The van der Waals surface area contributed by atoms with Gasteiger partial charge in [0, 0.05) is 30.5 Å². The molecule has 2 fully saturated rings. The van der Waals surface area contributed by atoms with Gasteiger partial charge in [-0.05, 0) is 108 Å². The lowest BCUT2D eigenvalue weighted by Gasteiger charge is -2.34. The van der Waals surface area contributed by atoms with E-state index in [2.05, 4.69) is 5.32 Å². The molecule has 0 bridgehead atoms. The minimum Gasteiger partial charge on any atom is -0.443 e. The number of aliphatic hydroxyl groups excluding tert-OH is 1. The number of rotatable bonds is 8. The molecule has 4 amide bonds. The van der Waals surface area contributed by atoms with E-state index in [4.69, 9.17) is 14.2 Å². The molecule has 3 aromatic rings. The van der Waals surface area contributed by atoms with Crippen molar-refractivity contribution in [3.8, 4) is 6.07 Å². The molecule has 0 unspecified atom stereocenters. The first-order chi connectivity index (χ1) is 23.9. The Labute approximate surface area is 295 Å². The van der Waals surface area contributed by atoms with Gasteiger partial charge in [0.25, 0.3) is 17.4 Å². The Morgan fingerprint density at radius 3 is 2.25 bits per heavy atom. The molecule has 1 saturated carbocycles. The van der Waals surface area contributed by atoms with Crippen molar-refractivity contribution in [3.63, 3.8) is 0 Å². The number of hydrogen-bond acceptors (Lipinski definition) is 10. The predicted octanol–water partition coefficient (Wildman–Crippen LogP) is 4.69. The highest BCUT2D eigenvalue weighted by Crippen LogP contribution is 2.32. The second kappa shape index (κ2) is 14.5. The van der Waals surface area contributed by atoms with Crippen LogP contribution in [0.15, 0.2) is 53.3 Å². The molecule has 2 N–H and O–H groups in total. The molecule has 1 aromatic heterocycles. The summed E-state index contributed by atoms with van der Waals surface area (Å²) in [7, 11) is 0. The van der Waals surface area contributed by atoms with Gasteiger partial charge < -0.3 is 34.1 Å². The SMILES string of the molecule is CC(C)(C)OC(=O)N(Cc1cc(NC(=O)[C@H](O)[C@H]2OCCN(c3ccc4ccc(=O)n(CC5CC5)c4c3)C2=O)ccc1C#N)C(=O)OC(C)(C)C. The molecule has 1 aliphatic carbocycles. The van der Waals surface area contributed by atoms with E-state index in [1.165, 1.54) is 29.2 Å². The Balaban J connectivity index is 1.34. The number of aromatic nitrogens is 1. The van der Waals surface area contributed by atoms with Crippen molar-refractivity contribution in [3.05, 3.63) is 70.0 Å². The topological polar surface area (TPSA) is 180 Å². The maximum atomic E-state index is 13.6. The first kappa shape index (κ1) is 37.0. The summed E-state index contributed by atoms with van der Waals surface area (Å²) >= 11 is 0. The number of nitrogens with zero attached hydrogens (tertiary/aromatic N) is 4. The minimum absolute atomic E-state index is 0.0363. The second-order valence-electron chi connectivity index (χ2n) is 14.7. The van der Waals surface area contributed by atoms with Gasteiger partial charge in [-0.1, -0.05) is 6.07 Å². The highest BCUT2D eigenvalue weighted by atomic mass is 16.6. The Kier molecular flexibility index (Phi) is 10.5. The smallest absolute Gasteiger partial charge is 0.420 e. The number of carbonyl (C=O) groups is 4. The quantitative estimate of drug-likeness (QED) is 0.335. The number of amides is 4. The van der Waals surface area contributed by atoms with Crippen LogP contribution in [-0.4, -0.2) is 75.1 Å². The molecule has 2 aromatic carbocycles. The molecule has 1 aliphatic heterocycles. The van der Waals surface area contributed by atoms with Crippen LogP contribution in [0.25, 0.3) is 10.9 Å². The van der Waals surface area contributed by atoms with Gasteiger partial charge in [0.05, 0.1) is 30.3 Å².